The van der Waals surface area contributed by atoms with E-state index in [2.05, 4.69) is 29.5 Å². The van der Waals surface area contributed by atoms with Gasteiger partial charge in [0.2, 0.25) is 0 Å². The van der Waals surface area contributed by atoms with E-state index < -0.39 is 0 Å². The molecule has 0 aromatic heterocycles. The summed E-state index contributed by atoms with van der Waals surface area (Å²) >= 11 is 0. The summed E-state index contributed by atoms with van der Waals surface area (Å²) < 4.78 is 0. The van der Waals surface area contributed by atoms with Crippen LogP contribution in [0.5, 0.6) is 0 Å². The topological polar surface area (TPSA) is 36.4 Å². The van der Waals surface area contributed by atoms with Crippen molar-refractivity contribution in [2.24, 2.45) is 16.8 Å². The van der Waals surface area contributed by atoms with Gasteiger partial charge in [0.1, 0.15) is 0 Å². The van der Waals surface area contributed by atoms with Crippen molar-refractivity contribution in [2.45, 2.75) is 39.5 Å². The molecule has 0 bridgehead atoms. The molecule has 1 saturated carbocycles. The Labute approximate surface area is 93.7 Å². The Hall–Kier alpha value is -0.730. The second kappa shape index (κ2) is 6.70. The molecule has 0 spiro atoms. The van der Waals surface area contributed by atoms with E-state index >= 15 is 0 Å². The van der Waals surface area contributed by atoms with E-state index in [9.17, 15) is 0 Å². The van der Waals surface area contributed by atoms with Crippen LogP contribution in [-0.2, 0) is 0 Å². The van der Waals surface area contributed by atoms with Crippen LogP contribution < -0.4 is 10.6 Å². The van der Waals surface area contributed by atoms with Gasteiger partial charge < -0.3 is 10.6 Å². The molecule has 0 amide bonds. The Morgan fingerprint density at radius 2 is 2.07 bits per heavy atom. The monoisotopic (exact) mass is 211 g/mol. The molecule has 15 heavy (non-hydrogen) atoms. The van der Waals surface area contributed by atoms with Crippen LogP contribution in [0.25, 0.3) is 0 Å². The molecule has 3 heteroatoms. The summed E-state index contributed by atoms with van der Waals surface area (Å²) in [6.07, 6.45) is 5.57. The van der Waals surface area contributed by atoms with Crippen molar-refractivity contribution >= 4 is 5.96 Å². The van der Waals surface area contributed by atoms with Crippen LogP contribution in [-0.4, -0.2) is 26.1 Å². The van der Waals surface area contributed by atoms with Crippen LogP contribution in [0.3, 0.4) is 0 Å². The molecule has 2 N–H and O–H groups in total. The predicted octanol–water partition coefficient (Wildman–Crippen LogP) is 2.00. The van der Waals surface area contributed by atoms with Crippen LogP contribution >= 0.6 is 0 Å². The Bertz CT molecular complexity index is 195. The number of guanidine groups is 1. The molecule has 1 aliphatic rings. The fraction of sp³-hybridized carbons (Fsp3) is 0.917. The van der Waals surface area contributed by atoms with E-state index in [1.54, 1.807) is 0 Å². The summed E-state index contributed by atoms with van der Waals surface area (Å²) in [7, 11) is 1.83. The Morgan fingerprint density at radius 1 is 1.33 bits per heavy atom. The molecule has 1 aliphatic carbocycles. The largest absolute Gasteiger partial charge is 0.356 e. The van der Waals surface area contributed by atoms with Gasteiger partial charge in [-0.1, -0.05) is 26.7 Å². The number of hydrogen-bond acceptors (Lipinski definition) is 1. The highest BCUT2D eigenvalue weighted by Gasteiger charge is 2.19. The van der Waals surface area contributed by atoms with Crippen molar-refractivity contribution in [3.63, 3.8) is 0 Å². The van der Waals surface area contributed by atoms with Crippen molar-refractivity contribution in [1.82, 2.24) is 10.6 Å². The molecule has 1 fully saturated rings. The zero-order chi connectivity index (χ0) is 11.1. The highest BCUT2D eigenvalue weighted by molar-refractivity contribution is 5.79. The van der Waals surface area contributed by atoms with Gasteiger partial charge in [0.05, 0.1) is 0 Å². The second-order valence-electron chi connectivity index (χ2n) is 4.86. The molecule has 0 heterocycles. The lowest BCUT2D eigenvalue weighted by atomic mass is 10.2. The van der Waals surface area contributed by atoms with Gasteiger partial charge in [-0.2, -0.15) is 0 Å². The maximum Gasteiger partial charge on any atom is 0.190 e. The minimum atomic E-state index is 0.662. The van der Waals surface area contributed by atoms with E-state index in [1.807, 2.05) is 7.05 Å². The summed E-state index contributed by atoms with van der Waals surface area (Å²) in [6.45, 7) is 6.44. The average molecular weight is 211 g/mol. The van der Waals surface area contributed by atoms with E-state index in [1.165, 1.54) is 25.7 Å². The minimum absolute atomic E-state index is 0.662. The summed E-state index contributed by atoms with van der Waals surface area (Å²) in [5, 5.41) is 6.66. The van der Waals surface area contributed by atoms with Gasteiger partial charge in [-0.15, -0.1) is 0 Å². The van der Waals surface area contributed by atoms with Gasteiger partial charge >= 0.3 is 0 Å². The maximum atomic E-state index is 4.19. The van der Waals surface area contributed by atoms with E-state index in [-0.39, 0.29) is 0 Å². The number of nitrogens with zero attached hydrogens (tertiary/aromatic N) is 1. The maximum absolute atomic E-state index is 4.19. The van der Waals surface area contributed by atoms with Crippen LogP contribution in [0.2, 0.25) is 0 Å². The fourth-order valence-electron chi connectivity index (χ4n) is 1.53. The van der Waals surface area contributed by atoms with Crippen LogP contribution in [0.15, 0.2) is 4.99 Å². The molecule has 0 radical (unpaired) electrons. The molecule has 0 unspecified atom stereocenters. The molecule has 1 rings (SSSR count). The first-order valence-corrected chi connectivity index (χ1v) is 6.17. The van der Waals surface area contributed by atoms with Crippen LogP contribution in [0.4, 0.5) is 0 Å². The van der Waals surface area contributed by atoms with Crippen molar-refractivity contribution in [3.8, 4) is 0 Å². The normalized spacial score (nSPS) is 16.9. The summed E-state index contributed by atoms with van der Waals surface area (Å²) in [4.78, 5) is 4.19. The zero-order valence-corrected chi connectivity index (χ0v) is 10.3. The number of aliphatic imine (C=N–C) groups is 1. The average Bonchev–Trinajstić information content (AvgIpc) is 3.00. The molecule has 3 nitrogen and oxygen atoms in total. The molecular formula is C12H25N3. The first-order chi connectivity index (χ1) is 7.22. The first-order valence-electron chi connectivity index (χ1n) is 6.17. The number of hydrogen-bond donors (Lipinski definition) is 2. The van der Waals surface area contributed by atoms with Crippen molar-refractivity contribution in [2.75, 3.05) is 20.1 Å². The van der Waals surface area contributed by atoms with Gasteiger partial charge in [0, 0.05) is 20.1 Å². The molecule has 0 aromatic carbocycles. The van der Waals surface area contributed by atoms with Crippen LogP contribution in [0, 0.1) is 11.8 Å². The van der Waals surface area contributed by atoms with Gasteiger partial charge in [0.15, 0.2) is 5.96 Å². The van der Waals surface area contributed by atoms with Gasteiger partial charge in [-0.3, -0.25) is 4.99 Å². The third-order valence-corrected chi connectivity index (χ3v) is 2.68. The predicted molar refractivity (Wildman–Crippen MR) is 66.2 cm³/mol. The van der Waals surface area contributed by atoms with Gasteiger partial charge in [-0.05, 0) is 24.7 Å². The van der Waals surface area contributed by atoms with Crippen molar-refractivity contribution in [1.29, 1.82) is 0 Å². The third-order valence-electron chi connectivity index (χ3n) is 2.68. The second-order valence-corrected chi connectivity index (χ2v) is 4.86. The molecular weight excluding hydrogens is 186 g/mol. The lowest BCUT2D eigenvalue weighted by Crippen LogP contribution is -2.39. The Morgan fingerprint density at radius 3 is 2.60 bits per heavy atom. The quantitative estimate of drug-likeness (QED) is 0.400. The zero-order valence-electron chi connectivity index (χ0n) is 10.3. The van der Waals surface area contributed by atoms with Gasteiger partial charge in [0.25, 0.3) is 0 Å². The summed E-state index contributed by atoms with van der Waals surface area (Å²) in [5.74, 6) is 2.65. The Balaban J connectivity index is 1.99. The van der Waals surface area contributed by atoms with Crippen LogP contribution in [0.1, 0.15) is 39.5 Å². The van der Waals surface area contributed by atoms with E-state index in [0.29, 0.717) is 5.92 Å². The van der Waals surface area contributed by atoms with Crippen molar-refractivity contribution < 1.29 is 0 Å². The summed E-state index contributed by atoms with van der Waals surface area (Å²) in [6, 6.07) is 0. The smallest absolute Gasteiger partial charge is 0.190 e. The van der Waals surface area contributed by atoms with E-state index in [4.69, 9.17) is 0 Å². The van der Waals surface area contributed by atoms with Crippen molar-refractivity contribution in [3.05, 3.63) is 0 Å². The molecule has 0 aromatic rings. The molecule has 0 aliphatic heterocycles. The lowest BCUT2D eigenvalue weighted by Gasteiger charge is -2.13. The standard InChI is InChI=1S/C12H25N3/c1-10(2)9-15-12(13-3)14-8-4-5-11-6-7-11/h10-11H,4-9H2,1-3H3,(H2,13,14,15). The molecule has 88 valence electrons. The number of rotatable bonds is 6. The number of nitrogens with one attached hydrogen (secondary N) is 2. The fourth-order valence-corrected chi connectivity index (χ4v) is 1.53. The minimum Gasteiger partial charge on any atom is -0.356 e. The van der Waals surface area contributed by atoms with Gasteiger partial charge in [-0.25, -0.2) is 0 Å². The molecule has 0 atom stereocenters. The lowest BCUT2D eigenvalue weighted by molar-refractivity contribution is 0.605. The van der Waals surface area contributed by atoms with E-state index in [0.717, 1.165) is 25.0 Å². The third kappa shape index (κ3) is 6.37. The summed E-state index contributed by atoms with van der Waals surface area (Å²) in [5.41, 5.74) is 0. The molecule has 0 saturated heterocycles. The SMILES string of the molecule is CN=C(NCCCC1CC1)NCC(C)C. The Kier molecular flexibility index (Phi) is 5.51. The highest BCUT2D eigenvalue weighted by atomic mass is 15.2. The highest BCUT2D eigenvalue weighted by Crippen LogP contribution is 2.33. The first kappa shape index (κ1) is 12.3.